The van der Waals surface area contributed by atoms with Crippen molar-refractivity contribution in [1.82, 2.24) is 4.90 Å². The highest BCUT2D eigenvalue weighted by Crippen LogP contribution is 2.29. The lowest BCUT2D eigenvalue weighted by molar-refractivity contribution is -0.384. The summed E-state index contributed by atoms with van der Waals surface area (Å²) in [6, 6.07) is 4.00. The molecule has 0 unspecified atom stereocenters. The molecule has 26 heavy (non-hydrogen) atoms. The average Bonchev–Trinajstić information content (AvgIpc) is 2.62. The maximum atomic E-state index is 12.3. The number of nitro benzene ring substituents is 1. The SMILES string of the molecule is CCOC(=O)[C@@H]1CCCN(CC(=O)Nc2cc([N+](=O)[O-])ccc2OC)C1. The minimum atomic E-state index is -0.538. The molecule has 1 heterocycles. The number of ether oxygens (including phenoxy) is 2. The van der Waals surface area contributed by atoms with Gasteiger partial charge in [-0.25, -0.2) is 0 Å². The number of non-ortho nitro benzene ring substituents is 1. The maximum absolute atomic E-state index is 12.3. The third-order valence-electron chi connectivity index (χ3n) is 4.16. The number of rotatable bonds is 7. The number of carbonyl (C=O) groups is 2. The molecule has 1 fully saturated rings. The number of nitrogens with one attached hydrogen (secondary N) is 1. The molecule has 1 aromatic rings. The zero-order valence-electron chi connectivity index (χ0n) is 14.9. The molecule has 9 nitrogen and oxygen atoms in total. The van der Waals surface area contributed by atoms with Gasteiger partial charge in [0.1, 0.15) is 5.75 Å². The van der Waals surface area contributed by atoms with E-state index in [1.165, 1.54) is 25.3 Å². The van der Waals surface area contributed by atoms with E-state index in [0.717, 1.165) is 12.8 Å². The Bertz CT molecular complexity index is 678. The summed E-state index contributed by atoms with van der Waals surface area (Å²) in [7, 11) is 1.42. The number of carbonyl (C=O) groups excluding carboxylic acids is 2. The molecule has 1 aromatic carbocycles. The summed E-state index contributed by atoms with van der Waals surface area (Å²) in [6.45, 7) is 3.34. The van der Waals surface area contributed by atoms with E-state index in [4.69, 9.17) is 9.47 Å². The first-order valence-electron chi connectivity index (χ1n) is 8.45. The van der Waals surface area contributed by atoms with E-state index in [-0.39, 0.29) is 35.7 Å². The minimum absolute atomic E-state index is 0.0851. The Kier molecular flexibility index (Phi) is 6.90. The predicted molar refractivity (Wildman–Crippen MR) is 94.1 cm³/mol. The number of benzene rings is 1. The van der Waals surface area contributed by atoms with Crippen LogP contribution in [0.15, 0.2) is 18.2 Å². The van der Waals surface area contributed by atoms with Crippen molar-refractivity contribution in [2.45, 2.75) is 19.8 Å². The van der Waals surface area contributed by atoms with E-state index < -0.39 is 4.92 Å². The number of nitrogens with zero attached hydrogens (tertiary/aromatic N) is 2. The number of hydrogen-bond acceptors (Lipinski definition) is 7. The van der Waals surface area contributed by atoms with Crippen LogP contribution in [0.4, 0.5) is 11.4 Å². The van der Waals surface area contributed by atoms with Gasteiger partial charge in [-0.15, -0.1) is 0 Å². The first-order valence-corrected chi connectivity index (χ1v) is 8.45. The molecule has 1 amide bonds. The highest BCUT2D eigenvalue weighted by Gasteiger charge is 2.28. The van der Waals surface area contributed by atoms with Crippen LogP contribution >= 0.6 is 0 Å². The Morgan fingerprint density at radius 1 is 1.42 bits per heavy atom. The van der Waals surface area contributed by atoms with Gasteiger partial charge in [0.05, 0.1) is 36.8 Å². The van der Waals surface area contributed by atoms with Gasteiger partial charge >= 0.3 is 5.97 Å². The molecule has 1 aliphatic rings. The summed E-state index contributed by atoms with van der Waals surface area (Å²) in [4.78, 5) is 36.5. The van der Waals surface area contributed by atoms with Crippen molar-refractivity contribution in [2.24, 2.45) is 5.92 Å². The zero-order chi connectivity index (χ0) is 19.1. The Labute approximate surface area is 151 Å². The van der Waals surface area contributed by atoms with Gasteiger partial charge in [0.2, 0.25) is 5.91 Å². The first-order chi connectivity index (χ1) is 12.4. The fourth-order valence-electron chi connectivity index (χ4n) is 2.95. The monoisotopic (exact) mass is 365 g/mol. The van der Waals surface area contributed by atoms with Crippen molar-refractivity contribution in [3.05, 3.63) is 28.3 Å². The third kappa shape index (κ3) is 5.16. The first kappa shape index (κ1) is 19.6. The Morgan fingerprint density at radius 3 is 2.85 bits per heavy atom. The van der Waals surface area contributed by atoms with Crippen molar-refractivity contribution < 1.29 is 24.0 Å². The van der Waals surface area contributed by atoms with Crippen molar-refractivity contribution in [3.8, 4) is 5.75 Å². The second-order valence-corrected chi connectivity index (χ2v) is 6.02. The van der Waals surface area contributed by atoms with E-state index >= 15 is 0 Å². The molecule has 1 atom stereocenters. The summed E-state index contributed by atoms with van der Waals surface area (Å²) in [5, 5.41) is 13.6. The summed E-state index contributed by atoms with van der Waals surface area (Å²) in [5.41, 5.74) is 0.104. The number of amides is 1. The van der Waals surface area contributed by atoms with Crippen molar-refractivity contribution >= 4 is 23.3 Å². The standard InChI is InChI=1S/C17H23N3O6/c1-3-26-17(22)12-5-4-8-19(10-12)11-16(21)18-14-9-13(20(23)24)6-7-15(14)25-2/h6-7,9,12H,3-5,8,10-11H2,1-2H3,(H,18,21)/t12-/m1/s1. The van der Waals surface area contributed by atoms with Gasteiger partial charge < -0.3 is 14.8 Å². The number of piperidine rings is 1. The highest BCUT2D eigenvalue weighted by molar-refractivity contribution is 5.94. The van der Waals surface area contributed by atoms with Gasteiger partial charge in [0.25, 0.3) is 5.69 Å². The second-order valence-electron chi connectivity index (χ2n) is 6.02. The lowest BCUT2D eigenvalue weighted by Crippen LogP contribution is -2.43. The average molecular weight is 365 g/mol. The lowest BCUT2D eigenvalue weighted by Gasteiger charge is -2.30. The molecule has 9 heteroatoms. The predicted octanol–water partition coefficient (Wildman–Crippen LogP) is 1.82. The molecule has 0 aliphatic carbocycles. The lowest BCUT2D eigenvalue weighted by atomic mass is 9.98. The van der Waals surface area contributed by atoms with E-state index in [9.17, 15) is 19.7 Å². The van der Waals surface area contributed by atoms with E-state index in [1.807, 2.05) is 4.90 Å². The highest BCUT2D eigenvalue weighted by atomic mass is 16.6. The molecule has 0 aromatic heterocycles. The second kappa shape index (κ2) is 9.14. The van der Waals surface area contributed by atoms with Crippen LogP contribution in [0.3, 0.4) is 0 Å². The maximum Gasteiger partial charge on any atom is 0.310 e. The molecule has 2 rings (SSSR count). The fraction of sp³-hybridized carbons (Fsp3) is 0.529. The van der Waals surface area contributed by atoms with Gasteiger partial charge in [0.15, 0.2) is 0 Å². The molecule has 0 saturated carbocycles. The van der Waals surface area contributed by atoms with Crippen LogP contribution in [0.2, 0.25) is 0 Å². The van der Waals surface area contributed by atoms with E-state index in [0.29, 0.717) is 25.4 Å². The van der Waals surface area contributed by atoms with Crippen LogP contribution in [0.5, 0.6) is 5.75 Å². The van der Waals surface area contributed by atoms with Gasteiger partial charge in [-0.2, -0.15) is 0 Å². The number of esters is 1. The molecular weight excluding hydrogens is 342 g/mol. The fourth-order valence-corrected chi connectivity index (χ4v) is 2.95. The molecular formula is C17H23N3O6. The molecule has 1 saturated heterocycles. The topological polar surface area (TPSA) is 111 Å². The van der Waals surface area contributed by atoms with Crippen LogP contribution in [0.25, 0.3) is 0 Å². The van der Waals surface area contributed by atoms with Crippen LogP contribution in [0.1, 0.15) is 19.8 Å². The number of anilines is 1. The minimum Gasteiger partial charge on any atom is -0.495 e. The van der Waals surface area contributed by atoms with Gasteiger partial charge in [-0.05, 0) is 32.4 Å². The molecule has 1 N–H and O–H groups in total. The Morgan fingerprint density at radius 2 is 2.19 bits per heavy atom. The zero-order valence-corrected chi connectivity index (χ0v) is 14.9. The largest absolute Gasteiger partial charge is 0.495 e. The third-order valence-corrected chi connectivity index (χ3v) is 4.16. The smallest absolute Gasteiger partial charge is 0.310 e. The molecule has 0 radical (unpaired) electrons. The molecule has 0 spiro atoms. The molecule has 142 valence electrons. The summed E-state index contributed by atoms with van der Waals surface area (Å²) >= 11 is 0. The quantitative estimate of drug-likeness (QED) is 0.446. The summed E-state index contributed by atoms with van der Waals surface area (Å²) < 4.78 is 10.2. The molecule has 1 aliphatic heterocycles. The number of hydrogen-bond donors (Lipinski definition) is 1. The van der Waals surface area contributed by atoms with Crippen LogP contribution in [0, 0.1) is 16.0 Å². The van der Waals surface area contributed by atoms with Crippen LogP contribution in [-0.4, -0.2) is 55.1 Å². The Balaban J connectivity index is 1.99. The number of methoxy groups -OCH3 is 1. The Hall–Kier alpha value is -2.68. The van der Waals surface area contributed by atoms with E-state index in [2.05, 4.69) is 5.32 Å². The number of likely N-dealkylation sites (tertiary alicyclic amines) is 1. The van der Waals surface area contributed by atoms with Crippen molar-refractivity contribution in [1.29, 1.82) is 0 Å². The summed E-state index contributed by atoms with van der Waals surface area (Å²) in [5.74, 6) is -0.456. The van der Waals surface area contributed by atoms with Crippen LogP contribution < -0.4 is 10.1 Å². The van der Waals surface area contributed by atoms with Gasteiger partial charge in [0, 0.05) is 18.7 Å². The van der Waals surface area contributed by atoms with Crippen molar-refractivity contribution in [3.63, 3.8) is 0 Å². The normalized spacial score (nSPS) is 17.4. The molecule has 0 bridgehead atoms. The number of nitro groups is 1. The summed E-state index contributed by atoms with van der Waals surface area (Å²) in [6.07, 6.45) is 1.55. The van der Waals surface area contributed by atoms with Gasteiger partial charge in [-0.1, -0.05) is 0 Å². The van der Waals surface area contributed by atoms with Gasteiger partial charge in [-0.3, -0.25) is 24.6 Å². The van der Waals surface area contributed by atoms with Crippen LogP contribution in [-0.2, 0) is 14.3 Å². The van der Waals surface area contributed by atoms with Crippen molar-refractivity contribution in [2.75, 3.05) is 38.7 Å². The van der Waals surface area contributed by atoms with E-state index in [1.54, 1.807) is 6.92 Å².